The van der Waals surface area contributed by atoms with Crippen molar-refractivity contribution in [3.8, 4) is 0 Å². The Morgan fingerprint density at radius 2 is 1.74 bits per heavy atom. The molecule has 0 saturated heterocycles. The molecule has 1 amide bonds. The summed E-state index contributed by atoms with van der Waals surface area (Å²) in [7, 11) is 0. The van der Waals surface area contributed by atoms with Crippen molar-refractivity contribution in [2.45, 2.75) is 26.7 Å². The Kier molecular flexibility index (Phi) is 7.02. The van der Waals surface area contributed by atoms with E-state index in [0.717, 1.165) is 30.4 Å². The van der Waals surface area contributed by atoms with E-state index in [2.05, 4.69) is 35.1 Å². The molecule has 1 aromatic rings. The molecule has 0 heterocycles. The Labute approximate surface area is 128 Å². The summed E-state index contributed by atoms with van der Waals surface area (Å²) >= 11 is 8.64. The van der Waals surface area contributed by atoms with E-state index < -0.39 is 0 Å². The molecule has 0 spiro atoms. The minimum absolute atomic E-state index is 0.158. The second kappa shape index (κ2) is 8.27. The molecule has 0 aliphatic carbocycles. The van der Waals surface area contributed by atoms with E-state index in [9.17, 15) is 4.79 Å². The zero-order valence-corrected chi connectivity index (χ0v) is 13.7. The molecular formula is C14H19BrN2OS. The average Bonchev–Trinajstić information content (AvgIpc) is 2.39. The van der Waals surface area contributed by atoms with Crippen LogP contribution in [0.2, 0.25) is 0 Å². The maximum atomic E-state index is 12.0. The van der Waals surface area contributed by atoms with E-state index in [1.165, 1.54) is 0 Å². The summed E-state index contributed by atoms with van der Waals surface area (Å²) in [6.45, 7) is 5.93. The van der Waals surface area contributed by atoms with Crippen molar-refractivity contribution in [1.29, 1.82) is 0 Å². The van der Waals surface area contributed by atoms with Crippen LogP contribution < -0.4 is 5.32 Å². The standard InChI is InChI=1S/C14H19BrN2OS/c1-3-9-17(10-4-2)14(19)16-13(18)11-5-7-12(15)8-6-11/h5-8H,3-4,9-10H2,1-2H3,(H,16,18,19). The second-order valence-electron chi connectivity index (χ2n) is 4.25. The third-order valence-electron chi connectivity index (χ3n) is 2.60. The molecule has 0 unspecified atom stereocenters. The normalized spacial score (nSPS) is 10.1. The van der Waals surface area contributed by atoms with Crippen molar-refractivity contribution in [2.24, 2.45) is 0 Å². The summed E-state index contributed by atoms with van der Waals surface area (Å²) in [5.74, 6) is -0.158. The molecule has 0 aromatic heterocycles. The lowest BCUT2D eigenvalue weighted by atomic mass is 10.2. The van der Waals surface area contributed by atoms with Gasteiger partial charge in [0.15, 0.2) is 5.11 Å². The van der Waals surface area contributed by atoms with Crippen LogP contribution in [-0.4, -0.2) is 29.0 Å². The smallest absolute Gasteiger partial charge is 0.257 e. The van der Waals surface area contributed by atoms with E-state index in [-0.39, 0.29) is 5.91 Å². The van der Waals surface area contributed by atoms with Gasteiger partial charge in [0.1, 0.15) is 0 Å². The van der Waals surface area contributed by atoms with Crippen molar-refractivity contribution in [3.63, 3.8) is 0 Å². The number of benzene rings is 1. The number of amides is 1. The van der Waals surface area contributed by atoms with Gasteiger partial charge in [-0.15, -0.1) is 0 Å². The summed E-state index contributed by atoms with van der Waals surface area (Å²) in [6.07, 6.45) is 2.02. The van der Waals surface area contributed by atoms with Crippen LogP contribution in [0, 0.1) is 0 Å². The van der Waals surface area contributed by atoms with Gasteiger partial charge < -0.3 is 4.90 Å². The third-order valence-corrected chi connectivity index (χ3v) is 3.49. The van der Waals surface area contributed by atoms with Crippen LogP contribution in [0.4, 0.5) is 0 Å². The van der Waals surface area contributed by atoms with Crippen LogP contribution >= 0.6 is 28.1 Å². The van der Waals surface area contributed by atoms with Gasteiger partial charge in [-0.2, -0.15) is 0 Å². The minimum atomic E-state index is -0.158. The Hall–Kier alpha value is -0.940. The lowest BCUT2D eigenvalue weighted by Gasteiger charge is -2.24. The van der Waals surface area contributed by atoms with Crippen LogP contribution in [0.15, 0.2) is 28.7 Å². The highest BCUT2D eigenvalue weighted by atomic mass is 79.9. The number of nitrogens with zero attached hydrogens (tertiary/aromatic N) is 1. The molecule has 3 nitrogen and oxygen atoms in total. The molecular weight excluding hydrogens is 324 g/mol. The molecule has 0 aliphatic heterocycles. The van der Waals surface area contributed by atoms with E-state index in [1.807, 2.05) is 17.0 Å². The quantitative estimate of drug-likeness (QED) is 0.830. The van der Waals surface area contributed by atoms with Gasteiger partial charge in [-0.25, -0.2) is 0 Å². The monoisotopic (exact) mass is 342 g/mol. The first-order valence-corrected chi connectivity index (χ1v) is 7.64. The van der Waals surface area contributed by atoms with Crippen molar-refractivity contribution >= 4 is 39.2 Å². The Balaban J connectivity index is 2.64. The Morgan fingerprint density at radius 1 is 1.21 bits per heavy atom. The van der Waals surface area contributed by atoms with Crippen LogP contribution in [0.1, 0.15) is 37.0 Å². The molecule has 0 saturated carbocycles. The fourth-order valence-electron chi connectivity index (χ4n) is 1.70. The predicted octanol–water partition coefficient (Wildman–Crippen LogP) is 3.59. The highest BCUT2D eigenvalue weighted by Gasteiger charge is 2.12. The fraction of sp³-hybridized carbons (Fsp3) is 0.429. The maximum absolute atomic E-state index is 12.0. The number of carbonyl (C=O) groups excluding carboxylic acids is 1. The summed E-state index contributed by atoms with van der Waals surface area (Å²) < 4.78 is 0.949. The molecule has 19 heavy (non-hydrogen) atoms. The topological polar surface area (TPSA) is 32.3 Å². The van der Waals surface area contributed by atoms with Crippen LogP contribution in [0.5, 0.6) is 0 Å². The zero-order valence-electron chi connectivity index (χ0n) is 11.3. The van der Waals surface area contributed by atoms with Crippen molar-refractivity contribution < 1.29 is 4.79 Å². The molecule has 0 aliphatic rings. The maximum Gasteiger partial charge on any atom is 0.257 e. The van der Waals surface area contributed by atoms with E-state index in [0.29, 0.717) is 10.7 Å². The largest absolute Gasteiger partial charge is 0.349 e. The van der Waals surface area contributed by atoms with Gasteiger partial charge in [0, 0.05) is 23.1 Å². The SMILES string of the molecule is CCCN(CCC)C(=S)NC(=O)c1ccc(Br)cc1. The number of halogens is 1. The second-order valence-corrected chi connectivity index (χ2v) is 5.56. The van der Waals surface area contributed by atoms with Crippen molar-refractivity contribution in [3.05, 3.63) is 34.3 Å². The van der Waals surface area contributed by atoms with Gasteiger partial charge in [0.2, 0.25) is 0 Å². The third kappa shape index (κ3) is 5.28. The summed E-state index contributed by atoms with van der Waals surface area (Å²) in [5, 5.41) is 3.30. The molecule has 1 N–H and O–H groups in total. The molecule has 0 atom stereocenters. The van der Waals surface area contributed by atoms with Gasteiger partial charge in [-0.3, -0.25) is 10.1 Å². The Morgan fingerprint density at radius 3 is 2.21 bits per heavy atom. The van der Waals surface area contributed by atoms with Crippen LogP contribution in [-0.2, 0) is 0 Å². The van der Waals surface area contributed by atoms with Gasteiger partial charge in [0.05, 0.1) is 0 Å². The number of hydrogen-bond acceptors (Lipinski definition) is 2. The first-order valence-electron chi connectivity index (χ1n) is 6.44. The summed E-state index contributed by atoms with van der Waals surface area (Å²) in [5.41, 5.74) is 0.610. The summed E-state index contributed by atoms with van der Waals surface area (Å²) in [6, 6.07) is 7.22. The molecule has 104 valence electrons. The highest BCUT2D eigenvalue weighted by molar-refractivity contribution is 9.10. The van der Waals surface area contributed by atoms with Gasteiger partial charge in [0.25, 0.3) is 5.91 Å². The van der Waals surface area contributed by atoms with Crippen molar-refractivity contribution in [2.75, 3.05) is 13.1 Å². The molecule has 1 rings (SSSR count). The number of thiocarbonyl (C=S) groups is 1. The van der Waals surface area contributed by atoms with E-state index in [4.69, 9.17) is 12.2 Å². The lowest BCUT2D eigenvalue weighted by Crippen LogP contribution is -2.43. The number of rotatable bonds is 5. The average molecular weight is 343 g/mol. The predicted molar refractivity (Wildman–Crippen MR) is 86.4 cm³/mol. The minimum Gasteiger partial charge on any atom is -0.349 e. The van der Waals surface area contributed by atoms with Gasteiger partial charge in [-0.1, -0.05) is 29.8 Å². The summed E-state index contributed by atoms with van der Waals surface area (Å²) in [4.78, 5) is 14.1. The fourth-order valence-corrected chi connectivity index (χ4v) is 2.24. The van der Waals surface area contributed by atoms with Crippen LogP contribution in [0.25, 0.3) is 0 Å². The molecule has 0 bridgehead atoms. The first-order chi connectivity index (χ1) is 9.08. The number of nitrogens with one attached hydrogen (secondary N) is 1. The molecule has 5 heteroatoms. The zero-order chi connectivity index (χ0) is 14.3. The first kappa shape index (κ1) is 16.1. The van der Waals surface area contributed by atoms with E-state index >= 15 is 0 Å². The lowest BCUT2D eigenvalue weighted by molar-refractivity contribution is 0.0973. The molecule has 0 radical (unpaired) electrons. The Bertz CT molecular complexity index is 428. The molecule has 1 aromatic carbocycles. The van der Waals surface area contributed by atoms with Crippen LogP contribution in [0.3, 0.4) is 0 Å². The number of hydrogen-bond donors (Lipinski definition) is 1. The van der Waals surface area contributed by atoms with E-state index in [1.54, 1.807) is 12.1 Å². The number of carbonyl (C=O) groups is 1. The van der Waals surface area contributed by atoms with Gasteiger partial charge in [-0.05, 0) is 49.3 Å². The molecule has 0 fully saturated rings. The van der Waals surface area contributed by atoms with Crippen molar-refractivity contribution in [1.82, 2.24) is 10.2 Å². The van der Waals surface area contributed by atoms with Gasteiger partial charge >= 0.3 is 0 Å². The highest BCUT2D eigenvalue weighted by Crippen LogP contribution is 2.10.